The molecule has 1 N–H and O–H groups in total. The van der Waals surface area contributed by atoms with Gasteiger partial charge in [0, 0.05) is 6.04 Å². The molecule has 0 spiro atoms. The van der Waals surface area contributed by atoms with Crippen LogP contribution >= 0.6 is 0 Å². The minimum absolute atomic E-state index is 0.612. The van der Waals surface area contributed by atoms with Crippen LogP contribution < -0.4 is 5.32 Å². The number of nitrogens with one attached hydrogen (secondary N) is 1. The van der Waals surface area contributed by atoms with Gasteiger partial charge in [-0.25, -0.2) is 0 Å². The van der Waals surface area contributed by atoms with E-state index in [-0.39, 0.29) is 0 Å². The van der Waals surface area contributed by atoms with Gasteiger partial charge in [-0.05, 0) is 80.3 Å². The van der Waals surface area contributed by atoms with Crippen LogP contribution in [0.3, 0.4) is 0 Å². The standard InChI is InChI=1S/C23H28N2.C3H6/c1-3-17-11-12-23(25-2)21(13-17)15-20-8-4-5-10-22(20)19-9-6-7-18(14-19)16-24;1-3-2/h4-10,14,17,21,23,25H,3,11-13,15H2,1-2H3;3H,1H2,2H3. The highest BCUT2D eigenvalue weighted by Gasteiger charge is 2.29. The lowest BCUT2D eigenvalue weighted by atomic mass is 9.74. The van der Waals surface area contributed by atoms with Crippen molar-refractivity contribution in [3.63, 3.8) is 0 Å². The molecule has 0 aromatic heterocycles. The zero-order chi connectivity index (χ0) is 20.4. The second-order valence-corrected chi connectivity index (χ2v) is 7.70. The summed E-state index contributed by atoms with van der Waals surface area (Å²) in [6.07, 6.45) is 8.10. The van der Waals surface area contributed by atoms with Crippen molar-refractivity contribution in [3.05, 3.63) is 72.3 Å². The lowest BCUT2D eigenvalue weighted by Crippen LogP contribution is -2.39. The molecule has 0 heterocycles. The van der Waals surface area contributed by atoms with Crippen molar-refractivity contribution in [2.24, 2.45) is 11.8 Å². The second kappa shape index (κ2) is 11.5. The molecule has 3 atom stereocenters. The van der Waals surface area contributed by atoms with Gasteiger partial charge in [0.05, 0.1) is 11.6 Å². The quantitative estimate of drug-likeness (QED) is 0.617. The molecule has 28 heavy (non-hydrogen) atoms. The Morgan fingerprint density at radius 2 is 1.93 bits per heavy atom. The van der Waals surface area contributed by atoms with E-state index in [1.54, 1.807) is 6.08 Å². The third-order valence-corrected chi connectivity index (χ3v) is 5.84. The van der Waals surface area contributed by atoms with Crippen LogP contribution in [0, 0.1) is 23.2 Å². The van der Waals surface area contributed by atoms with Crippen molar-refractivity contribution < 1.29 is 0 Å². The maximum Gasteiger partial charge on any atom is 0.0991 e. The molecule has 3 rings (SSSR count). The lowest BCUT2D eigenvalue weighted by Gasteiger charge is -2.36. The molecule has 0 saturated heterocycles. The van der Waals surface area contributed by atoms with Crippen LogP contribution in [0.5, 0.6) is 0 Å². The summed E-state index contributed by atoms with van der Waals surface area (Å²) >= 11 is 0. The first kappa shape index (κ1) is 21.9. The summed E-state index contributed by atoms with van der Waals surface area (Å²) in [7, 11) is 2.10. The fourth-order valence-electron chi connectivity index (χ4n) is 4.36. The van der Waals surface area contributed by atoms with Gasteiger partial charge >= 0.3 is 0 Å². The SMILES string of the molecule is C=CC.CCC1CCC(NC)C(Cc2ccccc2-c2cccc(C#N)c2)C1. The molecule has 1 aliphatic rings. The molecular formula is C26H34N2. The summed E-state index contributed by atoms with van der Waals surface area (Å²) in [6.45, 7) is 7.57. The number of nitrogens with zero attached hydrogens (tertiary/aromatic N) is 1. The molecule has 2 aromatic rings. The summed E-state index contributed by atoms with van der Waals surface area (Å²) < 4.78 is 0. The fourth-order valence-corrected chi connectivity index (χ4v) is 4.36. The predicted molar refractivity (Wildman–Crippen MR) is 120 cm³/mol. The van der Waals surface area contributed by atoms with E-state index in [1.165, 1.54) is 36.8 Å². The Kier molecular flexibility index (Phi) is 8.98. The molecule has 3 unspecified atom stereocenters. The third-order valence-electron chi connectivity index (χ3n) is 5.84. The van der Waals surface area contributed by atoms with Crippen LogP contribution in [0.25, 0.3) is 11.1 Å². The van der Waals surface area contributed by atoms with Crippen molar-refractivity contribution in [2.45, 2.75) is 52.0 Å². The summed E-state index contributed by atoms with van der Waals surface area (Å²) in [5.74, 6) is 1.55. The van der Waals surface area contributed by atoms with Crippen molar-refractivity contribution in [2.75, 3.05) is 7.05 Å². The van der Waals surface area contributed by atoms with E-state index in [9.17, 15) is 5.26 Å². The Balaban J connectivity index is 0.000000878. The molecule has 2 aromatic carbocycles. The van der Waals surface area contributed by atoms with Crippen molar-refractivity contribution in [3.8, 4) is 17.2 Å². The van der Waals surface area contributed by atoms with Crippen LogP contribution in [0.2, 0.25) is 0 Å². The average molecular weight is 375 g/mol. The number of hydrogen-bond donors (Lipinski definition) is 1. The maximum atomic E-state index is 9.20. The number of allylic oxidation sites excluding steroid dienone is 1. The highest BCUT2D eigenvalue weighted by molar-refractivity contribution is 5.68. The molecule has 1 aliphatic carbocycles. The van der Waals surface area contributed by atoms with Crippen molar-refractivity contribution in [1.29, 1.82) is 5.26 Å². The van der Waals surface area contributed by atoms with E-state index < -0.39 is 0 Å². The van der Waals surface area contributed by atoms with Gasteiger partial charge in [0.15, 0.2) is 0 Å². The highest BCUT2D eigenvalue weighted by atomic mass is 14.9. The van der Waals surface area contributed by atoms with Crippen LogP contribution in [0.1, 0.15) is 50.7 Å². The number of benzene rings is 2. The van der Waals surface area contributed by atoms with Crippen LogP contribution in [-0.4, -0.2) is 13.1 Å². The number of rotatable bonds is 5. The molecule has 0 amide bonds. The monoisotopic (exact) mass is 374 g/mol. The van der Waals surface area contributed by atoms with Crippen LogP contribution in [0.15, 0.2) is 61.2 Å². The van der Waals surface area contributed by atoms with E-state index >= 15 is 0 Å². The molecule has 0 radical (unpaired) electrons. The normalized spacial score (nSPS) is 21.1. The maximum absolute atomic E-state index is 9.20. The highest BCUT2D eigenvalue weighted by Crippen LogP contribution is 2.35. The predicted octanol–water partition coefficient (Wildman–Crippen LogP) is 6.37. The summed E-state index contributed by atoms with van der Waals surface area (Å²) in [5, 5.41) is 12.8. The van der Waals surface area contributed by atoms with Gasteiger partial charge in [-0.1, -0.05) is 55.8 Å². The van der Waals surface area contributed by atoms with Gasteiger partial charge in [-0.3, -0.25) is 0 Å². The molecular weight excluding hydrogens is 340 g/mol. The van der Waals surface area contributed by atoms with Gasteiger partial charge < -0.3 is 5.32 Å². The molecule has 0 aliphatic heterocycles. The summed E-state index contributed by atoms with van der Waals surface area (Å²) in [6, 6.07) is 19.5. The number of nitriles is 1. The minimum Gasteiger partial charge on any atom is -0.317 e. The third kappa shape index (κ3) is 5.81. The van der Waals surface area contributed by atoms with Gasteiger partial charge in [0.2, 0.25) is 0 Å². The van der Waals surface area contributed by atoms with Gasteiger partial charge in [-0.15, -0.1) is 6.58 Å². The zero-order valence-electron chi connectivity index (χ0n) is 17.6. The summed E-state index contributed by atoms with van der Waals surface area (Å²) in [5.41, 5.74) is 4.55. The lowest BCUT2D eigenvalue weighted by molar-refractivity contribution is 0.205. The Bertz CT molecular complexity index is 787. The molecule has 2 heteroatoms. The smallest absolute Gasteiger partial charge is 0.0991 e. The Labute approximate surface area is 171 Å². The molecule has 148 valence electrons. The van der Waals surface area contributed by atoms with E-state index in [4.69, 9.17) is 0 Å². The number of hydrogen-bond acceptors (Lipinski definition) is 2. The second-order valence-electron chi connectivity index (χ2n) is 7.70. The van der Waals surface area contributed by atoms with E-state index in [1.807, 2.05) is 25.1 Å². The average Bonchev–Trinajstić information content (AvgIpc) is 2.74. The first-order valence-corrected chi connectivity index (χ1v) is 10.5. The van der Waals surface area contributed by atoms with Gasteiger partial charge in [-0.2, -0.15) is 5.26 Å². The molecule has 0 bridgehead atoms. The Hall–Kier alpha value is -2.37. The largest absolute Gasteiger partial charge is 0.317 e. The first-order valence-electron chi connectivity index (χ1n) is 10.5. The van der Waals surface area contributed by atoms with Gasteiger partial charge in [0.25, 0.3) is 0 Å². The van der Waals surface area contributed by atoms with E-state index in [2.05, 4.69) is 62.3 Å². The topological polar surface area (TPSA) is 35.8 Å². The van der Waals surface area contributed by atoms with Crippen LogP contribution in [-0.2, 0) is 6.42 Å². The molecule has 2 nitrogen and oxygen atoms in total. The minimum atomic E-state index is 0.612. The van der Waals surface area contributed by atoms with E-state index in [0.717, 1.165) is 23.5 Å². The Morgan fingerprint density at radius 1 is 1.18 bits per heavy atom. The fraction of sp³-hybridized carbons (Fsp3) is 0.423. The molecule has 1 fully saturated rings. The zero-order valence-corrected chi connectivity index (χ0v) is 17.6. The van der Waals surface area contributed by atoms with Crippen molar-refractivity contribution in [1.82, 2.24) is 5.32 Å². The first-order chi connectivity index (χ1) is 13.7. The van der Waals surface area contributed by atoms with Gasteiger partial charge in [0.1, 0.15) is 0 Å². The van der Waals surface area contributed by atoms with Crippen LogP contribution in [0.4, 0.5) is 0 Å². The van der Waals surface area contributed by atoms with E-state index in [0.29, 0.717) is 12.0 Å². The molecule has 1 saturated carbocycles. The summed E-state index contributed by atoms with van der Waals surface area (Å²) in [4.78, 5) is 0. The Morgan fingerprint density at radius 3 is 2.61 bits per heavy atom. The van der Waals surface area contributed by atoms with Crippen molar-refractivity contribution >= 4 is 0 Å².